The number of hydrogen-bond acceptors (Lipinski definition) is 3. The second-order valence-electron chi connectivity index (χ2n) is 5.11. The number of hydrogen-bond donors (Lipinski definition) is 3. The van der Waals surface area contributed by atoms with Crippen LogP contribution >= 0.6 is 0 Å². The van der Waals surface area contributed by atoms with Gasteiger partial charge in [-0.25, -0.2) is 4.98 Å². The maximum absolute atomic E-state index is 4.49. The molecule has 19 heavy (non-hydrogen) atoms. The Balaban J connectivity index is 1.95. The quantitative estimate of drug-likeness (QED) is 0.672. The van der Waals surface area contributed by atoms with E-state index in [-0.39, 0.29) is 0 Å². The molecule has 5 heteroatoms. The largest absolute Gasteiger partial charge is 0.381 e. The van der Waals surface area contributed by atoms with E-state index in [2.05, 4.69) is 31.5 Å². The topological polar surface area (TPSA) is 69.4 Å². The fourth-order valence-corrected chi connectivity index (χ4v) is 2.42. The fraction of sp³-hybridized carbons (Fsp3) is 0.286. The van der Waals surface area contributed by atoms with Crippen molar-refractivity contribution in [3.63, 3.8) is 0 Å². The highest BCUT2D eigenvalue weighted by atomic mass is 15.1. The third-order valence-electron chi connectivity index (χ3n) is 3.63. The number of pyridine rings is 1. The molecule has 0 bridgehead atoms. The lowest BCUT2D eigenvalue weighted by Gasteiger charge is -2.12. The zero-order valence-corrected chi connectivity index (χ0v) is 10.7. The minimum absolute atomic E-state index is 0.603. The lowest BCUT2D eigenvalue weighted by Crippen LogP contribution is -2.03. The molecule has 96 valence electrons. The molecule has 0 atom stereocenters. The average molecular weight is 253 g/mol. The van der Waals surface area contributed by atoms with E-state index in [9.17, 15) is 0 Å². The molecular weight excluding hydrogens is 238 g/mol. The second-order valence-corrected chi connectivity index (χ2v) is 5.11. The number of anilines is 1. The van der Waals surface area contributed by atoms with E-state index in [1.807, 2.05) is 25.5 Å². The molecule has 5 nitrogen and oxygen atoms in total. The molecule has 0 aromatic carbocycles. The summed E-state index contributed by atoms with van der Waals surface area (Å²) in [4.78, 5) is 7.66. The Labute approximate surface area is 110 Å². The summed E-state index contributed by atoms with van der Waals surface area (Å²) in [6.45, 7) is 2.03. The molecule has 4 rings (SSSR count). The van der Waals surface area contributed by atoms with Gasteiger partial charge in [-0.1, -0.05) is 0 Å². The van der Waals surface area contributed by atoms with Gasteiger partial charge in [0.1, 0.15) is 5.65 Å². The number of aromatic amines is 2. The van der Waals surface area contributed by atoms with Crippen LogP contribution in [0.15, 0.2) is 24.7 Å². The van der Waals surface area contributed by atoms with Crippen molar-refractivity contribution in [1.82, 2.24) is 20.2 Å². The number of rotatable bonds is 3. The first-order valence-corrected chi connectivity index (χ1v) is 6.56. The third kappa shape index (κ3) is 1.69. The zero-order chi connectivity index (χ0) is 12.8. The van der Waals surface area contributed by atoms with Crippen molar-refractivity contribution in [2.24, 2.45) is 0 Å². The van der Waals surface area contributed by atoms with Gasteiger partial charge < -0.3 is 10.3 Å². The van der Waals surface area contributed by atoms with E-state index < -0.39 is 0 Å². The van der Waals surface area contributed by atoms with Gasteiger partial charge in [-0.05, 0) is 25.8 Å². The van der Waals surface area contributed by atoms with Crippen molar-refractivity contribution in [3.05, 3.63) is 30.4 Å². The molecule has 0 amide bonds. The monoisotopic (exact) mass is 253 g/mol. The first-order valence-electron chi connectivity index (χ1n) is 6.56. The van der Waals surface area contributed by atoms with Gasteiger partial charge in [0.25, 0.3) is 0 Å². The van der Waals surface area contributed by atoms with Crippen molar-refractivity contribution >= 4 is 16.7 Å². The van der Waals surface area contributed by atoms with Gasteiger partial charge in [0.05, 0.1) is 11.9 Å². The van der Waals surface area contributed by atoms with Gasteiger partial charge in [0, 0.05) is 40.6 Å². The molecule has 3 heterocycles. The highest BCUT2D eigenvalue weighted by Gasteiger charge is 2.24. The van der Waals surface area contributed by atoms with E-state index in [0.717, 1.165) is 27.9 Å². The molecule has 3 aromatic heterocycles. The van der Waals surface area contributed by atoms with Crippen LogP contribution in [0.3, 0.4) is 0 Å². The average Bonchev–Trinajstić information content (AvgIpc) is 2.93. The molecule has 1 aliphatic rings. The number of aryl methyl sites for hydroxylation is 1. The SMILES string of the molecule is Cc1[nH]ncc1-c1cnc2[nH]ccc2c1NC1CC1. The van der Waals surface area contributed by atoms with Gasteiger partial charge >= 0.3 is 0 Å². The summed E-state index contributed by atoms with van der Waals surface area (Å²) in [5.41, 5.74) is 5.38. The number of H-pyrrole nitrogens is 2. The molecule has 1 saturated carbocycles. The molecule has 0 spiro atoms. The van der Waals surface area contributed by atoms with Crippen LogP contribution in [0.1, 0.15) is 18.5 Å². The van der Waals surface area contributed by atoms with Gasteiger partial charge in [-0.3, -0.25) is 5.10 Å². The Bertz CT molecular complexity index is 735. The summed E-state index contributed by atoms with van der Waals surface area (Å²) in [6.07, 6.45) is 8.21. The normalized spacial score (nSPS) is 15.0. The van der Waals surface area contributed by atoms with Crippen LogP contribution in [0.4, 0.5) is 5.69 Å². The van der Waals surface area contributed by atoms with E-state index in [1.165, 1.54) is 18.5 Å². The lowest BCUT2D eigenvalue weighted by molar-refractivity contribution is 1.05. The van der Waals surface area contributed by atoms with E-state index >= 15 is 0 Å². The molecule has 3 aromatic rings. The van der Waals surface area contributed by atoms with Gasteiger partial charge in [-0.15, -0.1) is 0 Å². The molecule has 0 unspecified atom stereocenters. The first-order chi connectivity index (χ1) is 9.33. The number of nitrogens with one attached hydrogen (secondary N) is 3. The minimum atomic E-state index is 0.603. The van der Waals surface area contributed by atoms with Crippen LogP contribution < -0.4 is 5.32 Å². The van der Waals surface area contributed by atoms with E-state index in [1.54, 1.807) is 0 Å². The van der Waals surface area contributed by atoms with E-state index in [4.69, 9.17) is 0 Å². The highest BCUT2D eigenvalue weighted by molar-refractivity contribution is 5.98. The summed E-state index contributed by atoms with van der Waals surface area (Å²) >= 11 is 0. The summed E-state index contributed by atoms with van der Waals surface area (Å²) in [5.74, 6) is 0. The molecule has 1 fully saturated rings. The summed E-state index contributed by atoms with van der Waals surface area (Å²) < 4.78 is 0. The molecule has 0 aliphatic heterocycles. The van der Waals surface area contributed by atoms with Crippen LogP contribution in [-0.4, -0.2) is 26.2 Å². The molecule has 0 saturated heterocycles. The first kappa shape index (κ1) is 10.6. The van der Waals surface area contributed by atoms with Crippen molar-refractivity contribution in [2.45, 2.75) is 25.8 Å². The standard InChI is InChI=1S/C14H15N5/c1-8-11(7-17-19-8)12-6-16-14-10(4-5-15-14)13(12)18-9-2-3-9/h4-7,9H,2-3H2,1H3,(H,17,19)(H2,15,16,18). The van der Waals surface area contributed by atoms with Crippen LogP contribution in [0, 0.1) is 6.92 Å². The Morgan fingerprint density at radius 1 is 1.26 bits per heavy atom. The van der Waals surface area contributed by atoms with Crippen molar-refractivity contribution in [2.75, 3.05) is 5.32 Å². The van der Waals surface area contributed by atoms with Crippen LogP contribution in [-0.2, 0) is 0 Å². The smallest absolute Gasteiger partial charge is 0.139 e. The third-order valence-corrected chi connectivity index (χ3v) is 3.63. The predicted octanol–water partition coefficient (Wildman–Crippen LogP) is 2.84. The summed E-state index contributed by atoms with van der Waals surface area (Å²) in [6, 6.07) is 2.68. The molecule has 1 aliphatic carbocycles. The molecule has 3 N–H and O–H groups in total. The number of nitrogens with zero attached hydrogens (tertiary/aromatic N) is 2. The summed E-state index contributed by atoms with van der Waals surface area (Å²) in [5, 5.41) is 11.9. The Kier molecular flexibility index (Phi) is 2.15. The number of fused-ring (bicyclic) bond motifs is 1. The van der Waals surface area contributed by atoms with Gasteiger partial charge in [-0.2, -0.15) is 5.10 Å². The fourth-order valence-electron chi connectivity index (χ4n) is 2.42. The molecule has 0 radical (unpaired) electrons. The van der Waals surface area contributed by atoms with Gasteiger partial charge in [0.15, 0.2) is 0 Å². The Morgan fingerprint density at radius 2 is 2.16 bits per heavy atom. The highest BCUT2D eigenvalue weighted by Crippen LogP contribution is 2.37. The molecular formula is C14H15N5. The van der Waals surface area contributed by atoms with Gasteiger partial charge in [0.2, 0.25) is 0 Å². The van der Waals surface area contributed by atoms with E-state index in [0.29, 0.717) is 6.04 Å². The Morgan fingerprint density at radius 3 is 2.89 bits per heavy atom. The zero-order valence-electron chi connectivity index (χ0n) is 10.7. The second kappa shape index (κ2) is 3.85. The van der Waals surface area contributed by atoms with Crippen molar-refractivity contribution < 1.29 is 0 Å². The predicted molar refractivity (Wildman–Crippen MR) is 75.1 cm³/mol. The number of aromatic nitrogens is 4. The maximum atomic E-state index is 4.49. The maximum Gasteiger partial charge on any atom is 0.139 e. The van der Waals surface area contributed by atoms with Crippen LogP contribution in [0.25, 0.3) is 22.2 Å². The van der Waals surface area contributed by atoms with Crippen molar-refractivity contribution in [3.8, 4) is 11.1 Å². The lowest BCUT2D eigenvalue weighted by atomic mass is 10.1. The summed E-state index contributed by atoms with van der Waals surface area (Å²) in [7, 11) is 0. The van der Waals surface area contributed by atoms with Crippen LogP contribution in [0.2, 0.25) is 0 Å². The minimum Gasteiger partial charge on any atom is -0.381 e. The van der Waals surface area contributed by atoms with Crippen LogP contribution in [0.5, 0.6) is 0 Å². The Hall–Kier alpha value is -2.30. The van der Waals surface area contributed by atoms with Crippen molar-refractivity contribution in [1.29, 1.82) is 0 Å².